The number of aromatic nitrogens is 4. The van der Waals surface area contributed by atoms with E-state index in [0.717, 1.165) is 56.8 Å². The number of nitriles is 1. The first kappa shape index (κ1) is 26.0. The molecule has 0 aromatic carbocycles. The van der Waals surface area contributed by atoms with Gasteiger partial charge in [0.1, 0.15) is 5.41 Å². The van der Waals surface area contributed by atoms with Gasteiger partial charge in [-0.25, -0.2) is 9.67 Å². The summed E-state index contributed by atoms with van der Waals surface area (Å²) in [5, 5.41) is 17.5. The minimum Gasteiger partial charge on any atom is -0.377 e. The molecule has 0 aliphatic carbocycles. The van der Waals surface area contributed by atoms with Crippen LogP contribution in [0.15, 0.2) is 36.7 Å². The summed E-state index contributed by atoms with van der Waals surface area (Å²) in [5.41, 5.74) is 4.05. The van der Waals surface area contributed by atoms with Crippen molar-refractivity contribution >= 4 is 11.6 Å². The van der Waals surface area contributed by atoms with Crippen LogP contribution in [0.3, 0.4) is 0 Å². The Kier molecular flexibility index (Phi) is 7.28. The second kappa shape index (κ2) is 10.6. The van der Waals surface area contributed by atoms with Crippen molar-refractivity contribution in [2.24, 2.45) is 0 Å². The molecule has 5 rings (SSSR count). The van der Waals surface area contributed by atoms with Gasteiger partial charge in [0.25, 0.3) is 5.91 Å². The predicted octanol–water partition coefficient (Wildman–Crippen LogP) is 4.13. The maximum Gasteiger partial charge on any atom is 0.259 e. The number of hydrogen-bond donors (Lipinski definition) is 1. The van der Waals surface area contributed by atoms with Gasteiger partial charge in [-0.15, -0.1) is 0 Å². The molecule has 5 heterocycles. The molecular formula is C29H35N7O2. The molecule has 2 unspecified atom stereocenters. The van der Waals surface area contributed by atoms with Crippen molar-refractivity contribution in [1.29, 1.82) is 5.26 Å². The Balaban J connectivity index is 1.26. The van der Waals surface area contributed by atoms with Gasteiger partial charge in [0.15, 0.2) is 5.82 Å². The van der Waals surface area contributed by atoms with E-state index in [4.69, 9.17) is 4.74 Å². The van der Waals surface area contributed by atoms with Gasteiger partial charge in [-0.2, -0.15) is 10.4 Å². The van der Waals surface area contributed by atoms with Gasteiger partial charge in [-0.05, 0) is 70.2 Å². The van der Waals surface area contributed by atoms with Crippen molar-refractivity contribution in [3.05, 3.63) is 64.9 Å². The van der Waals surface area contributed by atoms with Crippen molar-refractivity contribution in [2.75, 3.05) is 25.0 Å². The summed E-state index contributed by atoms with van der Waals surface area (Å²) in [6.45, 7) is 10.6. The molecule has 9 heteroatoms. The Labute approximate surface area is 223 Å². The molecule has 2 aliphatic heterocycles. The maximum absolute atomic E-state index is 13.1. The molecule has 3 aromatic heterocycles. The highest BCUT2D eigenvalue weighted by molar-refractivity contribution is 6.04. The second-order valence-corrected chi connectivity index (χ2v) is 10.4. The third-order valence-electron chi connectivity index (χ3n) is 8.22. The van der Waals surface area contributed by atoms with Crippen LogP contribution in [-0.2, 0) is 16.6 Å². The zero-order chi connectivity index (χ0) is 26.9. The van der Waals surface area contributed by atoms with Crippen LogP contribution in [0, 0.1) is 25.2 Å². The molecule has 0 bridgehead atoms. The third kappa shape index (κ3) is 4.82. The number of anilines is 1. The summed E-state index contributed by atoms with van der Waals surface area (Å²) in [4.78, 5) is 24.8. The van der Waals surface area contributed by atoms with Crippen LogP contribution in [-0.4, -0.2) is 62.4 Å². The highest BCUT2D eigenvalue weighted by atomic mass is 16.5. The zero-order valence-electron chi connectivity index (χ0n) is 22.6. The number of likely N-dealkylation sites (tertiary alicyclic amines) is 1. The zero-order valence-corrected chi connectivity index (χ0v) is 22.6. The van der Waals surface area contributed by atoms with Crippen LogP contribution >= 0.6 is 0 Å². The number of aryl methyl sites for hydroxylation is 2. The Hall–Kier alpha value is -3.61. The minimum atomic E-state index is -0.613. The average molecular weight is 514 g/mol. The molecule has 198 valence electrons. The highest BCUT2D eigenvalue weighted by Gasteiger charge is 2.41. The van der Waals surface area contributed by atoms with E-state index in [0.29, 0.717) is 28.8 Å². The number of nitrogens with one attached hydrogen (secondary N) is 1. The number of piperidine rings is 1. The first-order valence-electron chi connectivity index (χ1n) is 13.4. The van der Waals surface area contributed by atoms with E-state index in [-0.39, 0.29) is 12.0 Å². The summed E-state index contributed by atoms with van der Waals surface area (Å²) in [5.74, 6) is 0.423. The highest BCUT2D eigenvalue weighted by Crippen LogP contribution is 2.36. The van der Waals surface area contributed by atoms with Gasteiger partial charge in [0.2, 0.25) is 0 Å². The summed E-state index contributed by atoms with van der Waals surface area (Å²) in [6.07, 6.45) is 6.87. The topological polar surface area (TPSA) is 109 Å². The first-order valence-corrected chi connectivity index (χ1v) is 13.4. The lowest BCUT2D eigenvalue weighted by Gasteiger charge is -2.40. The summed E-state index contributed by atoms with van der Waals surface area (Å²) in [7, 11) is 0. The van der Waals surface area contributed by atoms with Gasteiger partial charge in [-0.1, -0.05) is 13.0 Å². The fraction of sp³-hybridized carbons (Fsp3) is 0.483. The molecule has 0 radical (unpaired) electrons. The molecular weight excluding hydrogens is 478 g/mol. The Morgan fingerprint density at radius 1 is 1.21 bits per heavy atom. The van der Waals surface area contributed by atoms with Crippen molar-refractivity contribution in [3.63, 3.8) is 0 Å². The fourth-order valence-electron chi connectivity index (χ4n) is 5.74. The molecule has 2 fully saturated rings. The molecule has 38 heavy (non-hydrogen) atoms. The lowest BCUT2D eigenvalue weighted by atomic mass is 9.76. The van der Waals surface area contributed by atoms with Crippen LogP contribution in [0.2, 0.25) is 0 Å². The Morgan fingerprint density at radius 2 is 2.00 bits per heavy atom. The molecule has 2 saturated heterocycles. The quantitative estimate of drug-likeness (QED) is 0.528. The average Bonchev–Trinajstić information content (AvgIpc) is 3.54. The Bertz CT molecular complexity index is 1350. The number of pyridine rings is 2. The lowest BCUT2D eigenvalue weighted by molar-refractivity contribution is 0.0570. The van der Waals surface area contributed by atoms with E-state index in [9.17, 15) is 10.1 Å². The monoisotopic (exact) mass is 513 g/mol. The summed E-state index contributed by atoms with van der Waals surface area (Å²) >= 11 is 0. The van der Waals surface area contributed by atoms with Crippen LogP contribution in [0.1, 0.15) is 66.1 Å². The van der Waals surface area contributed by atoms with Crippen LogP contribution in [0.25, 0.3) is 5.82 Å². The fourth-order valence-corrected chi connectivity index (χ4v) is 5.74. The van der Waals surface area contributed by atoms with Gasteiger partial charge in [-0.3, -0.25) is 14.7 Å². The van der Waals surface area contributed by atoms with Gasteiger partial charge in [0, 0.05) is 31.4 Å². The summed E-state index contributed by atoms with van der Waals surface area (Å²) < 4.78 is 7.43. The predicted molar refractivity (Wildman–Crippen MR) is 144 cm³/mol. The molecule has 2 aliphatic rings. The molecule has 0 spiro atoms. The molecule has 0 saturated carbocycles. The van der Waals surface area contributed by atoms with Crippen molar-refractivity contribution in [1.82, 2.24) is 24.6 Å². The number of hydrogen-bond acceptors (Lipinski definition) is 7. The smallest absolute Gasteiger partial charge is 0.259 e. The van der Waals surface area contributed by atoms with Crippen molar-refractivity contribution in [3.8, 4) is 11.9 Å². The minimum absolute atomic E-state index is 0.239. The number of ether oxygens (including phenoxy) is 1. The largest absolute Gasteiger partial charge is 0.377 e. The van der Waals surface area contributed by atoms with E-state index >= 15 is 0 Å². The van der Waals surface area contributed by atoms with Crippen molar-refractivity contribution in [2.45, 2.75) is 70.9 Å². The normalized spacial score (nSPS) is 21.2. The van der Waals surface area contributed by atoms with E-state index in [1.165, 1.54) is 5.56 Å². The van der Waals surface area contributed by atoms with E-state index in [1.807, 2.05) is 38.1 Å². The second-order valence-electron chi connectivity index (χ2n) is 10.4. The van der Waals surface area contributed by atoms with E-state index < -0.39 is 5.41 Å². The van der Waals surface area contributed by atoms with Crippen LogP contribution in [0.4, 0.5) is 5.69 Å². The number of nitrogens with zero attached hydrogens (tertiary/aromatic N) is 6. The standard InChI is InChI=1S/C29H35N7O2/c1-5-22-6-9-27(33-19(22)2)36-20(3)24(17-32-36)28(37)34-23-7-8-26(31-16-23)29(18-30)11-13-35(14-12-29)25-10-15-38-21(25)4/h6-9,16-17,21,25H,5,10-15H2,1-4H3,(H,34,37). The first-order chi connectivity index (χ1) is 18.3. The van der Waals surface area contributed by atoms with Gasteiger partial charge >= 0.3 is 0 Å². The number of rotatable bonds is 6. The molecule has 1 N–H and O–H groups in total. The summed E-state index contributed by atoms with van der Waals surface area (Å²) in [6, 6.07) is 10.7. The van der Waals surface area contributed by atoms with Gasteiger partial charge < -0.3 is 10.1 Å². The lowest BCUT2D eigenvalue weighted by Crippen LogP contribution is -2.48. The molecule has 3 aromatic rings. The van der Waals surface area contributed by atoms with Crippen LogP contribution < -0.4 is 5.32 Å². The maximum atomic E-state index is 13.1. The van der Waals surface area contributed by atoms with E-state index in [1.54, 1.807) is 17.1 Å². The van der Waals surface area contributed by atoms with Crippen molar-refractivity contribution < 1.29 is 9.53 Å². The molecule has 9 nitrogen and oxygen atoms in total. The number of carbonyl (C=O) groups excluding carboxylic acids is 1. The molecule has 1 amide bonds. The van der Waals surface area contributed by atoms with Crippen LogP contribution in [0.5, 0.6) is 0 Å². The number of amides is 1. The van der Waals surface area contributed by atoms with Gasteiger partial charge in [0.05, 0.1) is 47.2 Å². The third-order valence-corrected chi connectivity index (χ3v) is 8.22. The number of carbonyl (C=O) groups is 1. The Morgan fingerprint density at radius 3 is 2.61 bits per heavy atom. The van der Waals surface area contributed by atoms with E-state index in [2.05, 4.69) is 45.2 Å². The molecule has 2 atom stereocenters. The SMILES string of the molecule is CCc1ccc(-n2ncc(C(=O)Nc3ccc(C4(C#N)CCN(C5CCOC5C)CC4)nc3)c2C)nc1C.